The third-order valence-corrected chi connectivity index (χ3v) is 5.81. The highest BCUT2D eigenvalue weighted by Gasteiger charge is 2.19. The van der Waals surface area contributed by atoms with Crippen LogP contribution < -0.4 is 4.74 Å². The molecule has 3 aromatic rings. The minimum absolute atomic E-state index is 0.0477. The topological polar surface area (TPSA) is 171 Å². The molecule has 0 saturated heterocycles. The largest absolute Gasteiger partial charge is 0.507 e. The molecule has 3 aromatic carbocycles. The van der Waals surface area contributed by atoms with Gasteiger partial charge in [-0.2, -0.15) is 16.8 Å². The Morgan fingerprint density at radius 2 is 1.53 bits per heavy atom. The number of rotatable bonds is 5. The van der Waals surface area contributed by atoms with Gasteiger partial charge in [0, 0.05) is 23.2 Å². The van der Waals surface area contributed by atoms with E-state index in [0.717, 1.165) is 30.5 Å². The molecule has 0 aliphatic heterocycles. The van der Waals surface area contributed by atoms with Gasteiger partial charge in [-0.1, -0.05) is 6.07 Å². The van der Waals surface area contributed by atoms with Crippen molar-refractivity contribution >= 4 is 42.9 Å². The summed E-state index contributed by atoms with van der Waals surface area (Å²) < 4.78 is 69.7. The normalized spacial score (nSPS) is 12.5. The van der Waals surface area contributed by atoms with E-state index < -0.39 is 35.8 Å². The van der Waals surface area contributed by atoms with Gasteiger partial charge in [-0.15, -0.1) is 0 Å². The van der Waals surface area contributed by atoms with Crippen LogP contribution in [0.4, 0.5) is 5.69 Å². The highest BCUT2D eigenvalue weighted by molar-refractivity contribution is 7.86. The fraction of sp³-hybridized carbons (Fsp3) is 0.0556. The van der Waals surface area contributed by atoms with Gasteiger partial charge in [-0.05, 0) is 35.7 Å². The first kappa shape index (κ1) is 21.5. The number of nitrogens with zero attached hydrogens (tertiary/aromatic N) is 1. The Bertz CT molecular complexity index is 1390. The number of hydrogen-bond acceptors (Lipinski definition) is 8. The molecular weight excluding hydrogens is 438 g/mol. The van der Waals surface area contributed by atoms with Gasteiger partial charge in [0.25, 0.3) is 20.2 Å². The number of fused-ring (bicyclic) bond motifs is 1. The molecule has 12 heteroatoms. The predicted molar refractivity (Wildman–Crippen MR) is 107 cm³/mol. The first-order chi connectivity index (χ1) is 13.9. The molecule has 0 heterocycles. The van der Waals surface area contributed by atoms with Crippen molar-refractivity contribution in [2.24, 2.45) is 4.99 Å². The Morgan fingerprint density at radius 3 is 2.10 bits per heavy atom. The fourth-order valence-electron chi connectivity index (χ4n) is 2.76. The van der Waals surface area contributed by atoms with Crippen molar-refractivity contribution in [2.75, 3.05) is 7.11 Å². The van der Waals surface area contributed by atoms with Gasteiger partial charge >= 0.3 is 0 Å². The van der Waals surface area contributed by atoms with Crippen LogP contribution in [0.5, 0.6) is 17.2 Å². The summed E-state index contributed by atoms with van der Waals surface area (Å²) in [5.74, 6) is -0.683. The fourth-order valence-corrected chi connectivity index (χ4v) is 3.84. The van der Waals surface area contributed by atoms with Crippen LogP contribution in [0, 0.1) is 0 Å². The summed E-state index contributed by atoms with van der Waals surface area (Å²) in [6.45, 7) is 0. The minimum Gasteiger partial charge on any atom is -0.507 e. The molecule has 0 amide bonds. The van der Waals surface area contributed by atoms with Crippen LogP contribution in [-0.4, -0.2) is 49.5 Å². The van der Waals surface area contributed by atoms with Crippen molar-refractivity contribution < 1.29 is 40.9 Å². The molecular formula is C18H15NO9S2. The molecule has 10 nitrogen and oxygen atoms in total. The average Bonchev–Trinajstić information content (AvgIpc) is 2.65. The number of benzene rings is 3. The Balaban J connectivity index is 2.30. The first-order valence-electron chi connectivity index (χ1n) is 8.07. The quantitative estimate of drug-likeness (QED) is 0.334. The molecule has 0 bridgehead atoms. The third-order valence-electron chi connectivity index (χ3n) is 4.14. The van der Waals surface area contributed by atoms with Gasteiger partial charge in [-0.3, -0.25) is 14.1 Å². The van der Waals surface area contributed by atoms with Gasteiger partial charge in [0.2, 0.25) is 0 Å². The average molecular weight is 453 g/mol. The monoisotopic (exact) mass is 453 g/mol. The molecule has 0 aliphatic rings. The lowest BCUT2D eigenvalue weighted by atomic mass is 10.1. The highest BCUT2D eigenvalue weighted by Crippen LogP contribution is 2.38. The van der Waals surface area contributed by atoms with Crippen LogP contribution in [-0.2, 0) is 20.2 Å². The van der Waals surface area contributed by atoms with E-state index in [2.05, 4.69) is 4.99 Å². The summed E-state index contributed by atoms with van der Waals surface area (Å²) in [7, 11) is -8.07. The summed E-state index contributed by atoms with van der Waals surface area (Å²) in [5.41, 5.74) is 0.0514. The van der Waals surface area contributed by atoms with Crippen LogP contribution >= 0.6 is 0 Å². The lowest BCUT2D eigenvalue weighted by molar-refractivity contribution is 0.373. The number of methoxy groups -OCH3 is 1. The van der Waals surface area contributed by atoms with Gasteiger partial charge in [-0.25, -0.2) is 0 Å². The van der Waals surface area contributed by atoms with Crippen molar-refractivity contribution in [1.29, 1.82) is 0 Å². The molecule has 0 spiro atoms. The number of ether oxygens (including phenoxy) is 1. The number of phenolic OH excluding ortho intramolecular Hbond substituents is 2. The molecule has 0 fully saturated rings. The molecule has 0 radical (unpaired) electrons. The van der Waals surface area contributed by atoms with Crippen LogP contribution in [0.3, 0.4) is 0 Å². The maximum absolute atomic E-state index is 11.6. The zero-order valence-electron chi connectivity index (χ0n) is 15.2. The van der Waals surface area contributed by atoms with Crippen molar-refractivity contribution in [3.63, 3.8) is 0 Å². The molecule has 158 valence electrons. The highest BCUT2D eigenvalue weighted by atomic mass is 32.2. The Hall–Kier alpha value is -3.19. The smallest absolute Gasteiger partial charge is 0.294 e. The van der Waals surface area contributed by atoms with Crippen molar-refractivity contribution in [3.05, 3.63) is 48.0 Å². The van der Waals surface area contributed by atoms with Gasteiger partial charge in [0.1, 0.15) is 5.75 Å². The van der Waals surface area contributed by atoms with E-state index >= 15 is 0 Å². The second-order valence-electron chi connectivity index (χ2n) is 6.09. The predicted octanol–water partition coefficient (Wildman–Crippen LogP) is 2.50. The van der Waals surface area contributed by atoms with E-state index in [1.165, 1.54) is 19.2 Å². The molecule has 4 N–H and O–H groups in total. The van der Waals surface area contributed by atoms with Crippen LogP contribution in [0.25, 0.3) is 10.8 Å². The number of hydrogen-bond donors (Lipinski definition) is 4. The van der Waals surface area contributed by atoms with Crippen LogP contribution in [0.1, 0.15) is 5.56 Å². The second-order valence-corrected chi connectivity index (χ2v) is 8.93. The standard InChI is InChI=1S/C18H15NO9S2/c1-28-16-4-2-3-10(18(16)21)9-19-14-7-12(29(22,23)24)5-11-6-13(30(25,26)27)8-15(20)17(11)14/h2-9,20-21H,1H3,(H,22,23,24)(H,25,26,27). The van der Waals surface area contributed by atoms with Crippen LogP contribution in [0.2, 0.25) is 0 Å². The molecule has 30 heavy (non-hydrogen) atoms. The lowest BCUT2D eigenvalue weighted by Gasteiger charge is -2.10. The van der Waals surface area contributed by atoms with E-state index in [-0.39, 0.29) is 33.5 Å². The van der Waals surface area contributed by atoms with Gasteiger partial charge < -0.3 is 14.9 Å². The molecule has 3 rings (SSSR count). The van der Waals surface area contributed by atoms with Crippen molar-refractivity contribution in [3.8, 4) is 17.2 Å². The molecule has 0 saturated carbocycles. The summed E-state index contributed by atoms with van der Waals surface area (Å²) in [5, 5.41) is 20.3. The number of phenols is 2. The maximum atomic E-state index is 11.6. The van der Waals surface area contributed by atoms with E-state index in [4.69, 9.17) is 4.74 Å². The Morgan fingerprint density at radius 1 is 0.933 bits per heavy atom. The van der Waals surface area contributed by atoms with Crippen molar-refractivity contribution in [1.82, 2.24) is 0 Å². The minimum atomic E-state index is -4.72. The molecule has 0 atom stereocenters. The molecule has 0 unspecified atom stereocenters. The number of para-hydroxylation sites is 1. The maximum Gasteiger partial charge on any atom is 0.294 e. The number of aliphatic imine (C=N–C) groups is 1. The Kier molecular flexibility index (Phi) is 5.43. The zero-order valence-corrected chi connectivity index (χ0v) is 16.8. The van der Waals surface area contributed by atoms with E-state index in [1.807, 2.05) is 0 Å². The SMILES string of the molecule is COc1cccc(C=Nc2cc(S(=O)(=O)O)cc3cc(S(=O)(=O)O)cc(O)c23)c1O. The zero-order chi connectivity index (χ0) is 22.3. The summed E-state index contributed by atoms with van der Waals surface area (Å²) >= 11 is 0. The summed E-state index contributed by atoms with van der Waals surface area (Å²) in [6.07, 6.45) is 1.16. The van der Waals surface area contributed by atoms with Crippen LogP contribution in [0.15, 0.2) is 57.2 Å². The second kappa shape index (κ2) is 7.57. The number of aromatic hydroxyl groups is 2. The van der Waals surface area contributed by atoms with Gasteiger partial charge in [0.05, 0.1) is 22.6 Å². The Labute approximate surface area is 171 Å². The summed E-state index contributed by atoms with van der Waals surface area (Å²) in [6, 6.07) is 8.13. The summed E-state index contributed by atoms with van der Waals surface area (Å²) in [4.78, 5) is 2.78. The lowest BCUT2D eigenvalue weighted by Crippen LogP contribution is -2.00. The molecule has 0 aliphatic carbocycles. The van der Waals surface area contributed by atoms with Crippen molar-refractivity contribution in [2.45, 2.75) is 9.79 Å². The third kappa shape index (κ3) is 4.21. The first-order valence-corrected chi connectivity index (χ1v) is 11.0. The van der Waals surface area contributed by atoms with Gasteiger partial charge in [0.15, 0.2) is 11.5 Å². The van der Waals surface area contributed by atoms with E-state index in [0.29, 0.717) is 0 Å². The van der Waals surface area contributed by atoms with E-state index in [1.54, 1.807) is 6.07 Å². The molecule has 0 aromatic heterocycles. The van der Waals surface area contributed by atoms with E-state index in [9.17, 15) is 36.2 Å².